The predicted octanol–water partition coefficient (Wildman–Crippen LogP) is 3.24. The maximum absolute atomic E-state index is 9.32. The SMILES string of the molecule is CSc1cccc(NCc2c(C)nn(C)c2C)c1C#N. The zero-order valence-corrected chi connectivity index (χ0v) is 13.0. The minimum absolute atomic E-state index is 0.679. The summed E-state index contributed by atoms with van der Waals surface area (Å²) in [5.41, 5.74) is 4.94. The first-order valence-electron chi connectivity index (χ1n) is 6.38. The summed E-state index contributed by atoms with van der Waals surface area (Å²) in [6.07, 6.45) is 1.98. The molecule has 20 heavy (non-hydrogen) atoms. The van der Waals surface area contributed by atoms with E-state index in [1.165, 1.54) is 5.56 Å². The zero-order valence-electron chi connectivity index (χ0n) is 12.2. The quantitative estimate of drug-likeness (QED) is 0.877. The fourth-order valence-electron chi connectivity index (χ4n) is 2.22. The Morgan fingerprint density at radius 1 is 1.40 bits per heavy atom. The third-order valence-electron chi connectivity index (χ3n) is 3.47. The van der Waals surface area contributed by atoms with Crippen LogP contribution in [0.2, 0.25) is 0 Å². The molecule has 0 saturated heterocycles. The molecule has 1 heterocycles. The Morgan fingerprint density at radius 2 is 2.15 bits per heavy atom. The number of hydrogen-bond acceptors (Lipinski definition) is 4. The molecule has 0 amide bonds. The standard InChI is InChI=1S/C15H18N4S/c1-10-13(11(2)19(3)18-10)9-17-14-6-5-7-15(20-4)12(14)8-16/h5-7,17H,9H2,1-4H3. The number of nitrogens with zero attached hydrogens (tertiary/aromatic N) is 3. The number of thioether (sulfide) groups is 1. The highest BCUT2D eigenvalue weighted by atomic mass is 32.2. The van der Waals surface area contributed by atoms with E-state index in [-0.39, 0.29) is 0 Å². The summed E-state index contributed by atoms with van der Waals surface area (Å²) in [6, 6.07) is 8.16. The lowest BCUT2D eigenvalue weighted by atomic mass is 10.1. The van der Waals surface area contributed by atoms with E-state index < -0.39 is 0 Å². The Balaban J connectivity index is 2.26. The van der Waals surface area contributed by atoms with Crippen LogP contribution in [0.1, 0.15) is 22.5 Å². The van der Waals surface area contributed by atoms with Crippen LogP contribution in [0.25, 0.3) is 0 Å². The summed E-state index contributed by atoms with van der Waals surface area (Å²) >= 11 is 1.59. The van der Waals surface area contributed by atoms with Crippen LogP contribution in [0.5, 0.6) is 0 Å². The molecular weight excluding hydrogens is 268 g/mol. The van der Waals surface area contributed by atoms with E-state index in [0.717, 1.165) is 22.0 Å². The molecule has 2 aromatic rings. The number of nitrogens with one attached hydrogen (secondary N) is 1. The van der Waals surface area contributed by atoms with Gasteiger partial charge in [-0.1, -0.05) is 6.07 Å². The van der Waals surface area contributed by atoms with E-state index >= 15 is 0 Å². The second-order valence-corrected chi connectivity index (χ2v) is 5.47. The lowest BCUT2D eigenvalue weighted by Gasteiger charge is -2.11. The minimum Gasteiger partial charge on any atom is -0.380 e. The van der Waals surface area contributed by atoms with E-state index in [9.17, 15) is 5.26 Å². The van der Waals surface area contributed by atoms with Gasteiger partial charge in [-0.05, 0) is 32.2 Å². The molecule has 2 rings (SSSR count). The summed E-state index contributed by atoms with van der Waals surface area (Å²) < 4.78 is 1.88. The third kappa shape index (κ3) is 2.66. The number of rotatable bonds is 4. The number of benzene rings is 1. The van der Waals surface area contributed by atoms with Gasteiger partial charge in [-0.3, -0.25) is 4.68 Å². The smallest absolute Gasteiger partial charge is 0.102 e. The second-order valence-electron chi connectivity index (χ2n) is 4.62. The largest absolute Gasteiger partial charge is 0.380 e. The van der Waals surface area contributed by atoms with E-state index in [2.05, 4.69) is 23.4 Å². The van der Waals surface area contributed by atoms with Crippen molar-refractivity contribution in [2.45, 2.75) is 25.3 Å². The highest BCUT2D eigenvalue weighted by molar-refractivity contribution is 7.98. The van der Waals surface area contributed by atoms with Gasteiger partial charge < -0.3 is 5.32 Å². The topological polar surface area (TPSA) is 53.6 Å². The van der Waals surface area contributed by atoms with Gasteiger partial charge >= 0.3 is 0 Å². The van der Waals surface area contributed by atoms with Crippen LogP contribution in [0, 0.1) is 25.2 Å². The van der Waals surface area contributed by atoms with Crippen molar-refractivity contribution in [3.8, 4) is 6.07 Å². The monoisotopic (exact) mass is 286 g/mol. The first-order valence-corrected chi connectivity index (χ1v) is 7.61. The molecule has 5 heteroatoms. The molecule has 0 spiro atoms. The van der Waals surface area contributed by atoms with Crippen LogP contribution in [-0.2, 0) is 13.6 Å². The molecule has 0 fully saturated rings. The normalized spacial score (nSPS) is 10.3. The first kappa shape index (κ1) is 14.5. The molecule has 0 saturated carbocycles. The second kappa shape index (κ2) is 6.02. The van der Waals surface area contributed by atoms with Crippen LogP contribution in [-0.4, -0.2) is 16.0 Å². The average Bonchev–Trinajstić information content (AvgIpc) is 2.69. The molecular formula is C15H18N4S. The molecule has 0 radical (unpaired) electrons. The third-order valence-corrected chi connectivity index (χ3v) is 4.25. The van der Waals surface area contributed by atoms with Crippen molar-refractivity contribution >= 4 is 17.4 Å². The maximum Gasteiger partial charge on any atom is 0.102 e. The molecule has 0 aliphatic carbocycles. The van der Waals surface area contributed by atoms with E-state index in [1.807, 2.05) is 43.1 Å². The van der Waals surface area contributed by atoms with Crippen LogP contribution >= 0.6 is 11.8 Å². The van der Waals surface area contributed by atoms with Crippen molar-refractivity contribution in [1.82, 2.24) is 9.78 Å². The Labute approximate surface area is 123 Å². The van der Waals surface area contributed by atoms with Crippen molar-refractivity contribution in [2.75, 3.05) is 11.6 Å². The van der Waals surface area contributed by atoms with Gasteiger partial charge in [-0.25, -0.2) is 0 Å². The fraction of sp³-hybridized carbons (Fsp3) is 0.333. The van der Waals surface area contributed by atoms with Gasteiger partial charge in [0.15, 0.2) is 0 Å². The lowest BCUT2D eigenvalue weighted by molar-refractivity contribution is 0.730. The zero-order chi connectivity index (χ0) is 14.7. The van der Waals surface area contributed by atoms with Gasteiger partial charge in [-0.15, -0.1) is 11.8 Å². The Bertz CT molecular complexity index is 667. The van der Waals surface area contributed by atoms with E-state index in [4.69, 9.17) is 0 Å². The number of anilines is 1. The van der Waals surface area contributed by atoms with Crippen molar-refractivity contribution in [3.63, 3.8) is 0 Å². The number of nitriles is 1. The van der Waals surface area contributed by atoms with Gasteiger partial charge in [-0.2, -0.15) is 10.4 Å². The summed E-state index contributed by atoms with van der Waals surface area (Å²) in [7, 11) is 1.95. The predicted molar refractivity (Wildman–Crippen MR) is 82.9 cm³/mol. The molecule has 1 N–H and O–H groups in total. The fourth-order valence-corrected chi connectivity index (χ4v) is 2.80. The van der Waals surface area contributed by atoms with E-state index in [1.54, 1.807) is 11.8 Å². The summed E-state index contributed by atoms with van der Waals surface area (Å²) in [4.78, 5) is 0.997. The van der Waals surface area contributed by atoms with Crippen LogP contribution in [0.4, 0.5) is 5.69 Å². The Kier molecular flexibility index (Phi) is 4.35. The van der Waals surface area contributed by atoms with Crippen LogP contribution < -0.4 is 5.32 Å². The summed E-state index contributed by atoms with van der Waals surface area (Å²) in [5.74, 6) is 0. The molecule has 0 bridgehead atoms. The number of aromatic nitrogens is 2. The molecule has 1 aromatic carbocycles. The van der Waals surface area contributed by atoms with Gasteiger partial charge in [0.05, 0.1) is 16.9 Å². The number of aryl methyl sites for hydroxylation is 2. The summed E-state index contributed by atoms with van der Waals surface area (Å²) in [5, 5.41) is 17.1. The van der Waals surface area contributed by atoms with Crippen LogP contribution in [0.15, 0.2) is 23.1 Å². The molecule has 104 valence electrons. The molecule has 0 aliphatic rings. The van der Waals surface area contributed by atoms with Crippen molar-refractivity contribution in [1.29, 1.82) is 5.26 Å². The average molecular weight is 286 g/mol. The Morgan fingerprint density at radius 3 is 2.70 bits per heavy atom. The van der Waals surface area contributed by atoms with Gasteiger partial charge in [0, 0.05) is 29.7 Å². The summed E-state index contributed by atoms with van der Waals surface area (Å²) in [6.45, 7) is 4.74. The molecule has 0 atom stereocenters. The first-order chi connectivity index (χ1) is 9.58. The maximum atomic E-state index is 9.32. The number of hydrogen-bond donors (Lipinski definition) is 1. The van der Waals surface area contributed by atoms with Crippen molar-refractivity contribution < 1.29 is 0 Å². The van der Waals surface area contributed by atoms with Crippen molar-refractivity contribution in [2.24, 2.45) is 7.05 Å². The molecule has 4 nitrogen and oxygen atoms in total. The molecule has 1 aromatic heterocycles. The lowest BCUT2D eigenvalue weighted by Crippen LogP contribution is -2.04. The van der Waals surface area contributed by atoms with Gasteiger partial charge in [0.25, 0.3) is 0 Å². The van der Waals surface area contributed by atoms with Gasteiger partial charge in [0.1, 0.15) is 6.07 Å². The Hall–Kier alpha value is -1.93. The molecule has 0 unspecified atom stereocenters. The van der Waals surface area contributed by atoms with E-state index in [0.29, 0.717) is 12.1 Å². The van der Waals surface area contributed by atoms with Crippen molar-refractivity contribution in [3.05, 3.63) is 40.7 Å². The highest BCUT2D eigenvalue weighted by Gasteiger charge is 2.11. The van der Waals surface area contributed by atoms with Gasteiger partial charge in [0.2, 0.25) is 0 Å². The molecule has 0 aliphatic heterocycles. The minimum atomic E-state index is 0.679. The van der Waals surface area contributed by atoms with Crippen LogP contribution in [0.3, 0.4) is 0 Å². The highest BCUT2D eigenvalue weighted by Crippen LogP contribution is 2.27.